The van der Waals surface area contributed by atoms with Gasteiger partial charge in [-0.3, -0.25) is 0 Å². The first-order valence-corrected chi connectivity index (χ1v) is 7.38. The summed E-state index contributed by atoms with van der Waals surface area (Å²) in [5, 5.41) is 12.7. The van der Waals surface area contributed by atoms with E-state index >= 15 is 0 Å². The lowest BCUT2D eigenvalue weighted by Crippen LogP contribution is -2.02. The van der Waals surface area contributed by atoms with Crippen LogP contribution in [0.1, 0.15) is 19.0 Å². The zero-order valence-corrected chi connectivity index (χ0v) is 11.8. The van der Waals surface area contributed by atoms with Gasteiger partial charge in [0, 0.05) is 17.2 Å². The van der Waals surface area contributed by atoms with Crippen LogP contribution in [0.3, 0.4) is 0 Å². The van der Waals surface area contributed by atoms with E-state index in [0.29, 0.717) is 5.75 Å². The molecule has 0 unspecified atom stereocenters. The van der Waals surface area contributed by atoms with Crippen LogP contribution in [-0.4, -0.2) is 16.6 Å². The van der Waals surface area contributed by atoms with Gasteiger partial charge < -0.3 is 10.4 Å². The molecule has 0 saturated carbocycles. The van der Waals surface area contributed by atoms with Crippen molar-refractivity contribution in [1.29, 1.82) is 0 Å². The van der Waals surface area contributed by atoms with Crippen molar-refractivity contribution in [3.63, 3.8) is 0 Å². The Balaban J connectivity index is 1.95. The van der Waals surface area contributed by atoms with Gasteiger partial charge in [0.1, 0.15) is 11.6 Å². The maximum Gasteiger partial charge on any atom is 0.126 e. The van der Waals surface area contributed by atoms with E-state index in [1.165, 1.54) is 0 Å². The Labute approximate surface area is 118 Å². The highest BCUT2D eigenvalue weighted by Gasteiger charge is 2.00. The molecule has 0 spiro atoms. The van der Waals surface area contributed by atoms with Crippen LogP contribution in [0, 0.1) is 0 Å². The summed E-state index contributed by atoms with van der Waals surface area (Å²) in [6.45, 7) is 3.07. The summed E-state index contributed by atoms with van der Waals surface area (Å²) >= 11 is 1.67. The molecule has 4 heteroatoms. The molecule has 2 rings (SSSR count). The number of aromatic hydroxyl groups is 1. The molecule has 0 bridgehead atoms. The van der Waals surface area contributed by atoms with Gasteiger partial charge in [0.15, 0.2) is 0 Å². The zero-order valence-electron chi connectivity index (χ0n) is 11.0. The second-order valence-electron chi connectivity index (χ2n) is 4.23. The lowest BCUT2D eigenvalue weighted by molar-refractivity contribution is 0.474. The number of phenolic OH excluding ortho intramolecular Hbond substituents is 1. The van der Waals surface area contributed by atoms with Crippen molar-refractivity contribution in [3.8, 4) is 5.75 Å². The largest absolute Gasteiger partial charge is 0.508 e. The van der Waals surface area contributed by atoms with Gasteiger partial charge in [-0.25, -0.2) is 4.98 Å². The normalized spacial score (nSPS) is 10.4. The predicted molar refractivity (Wildman–Crippen MR) is 80.7 cm³/mol. The first-order chi connectivity index (χ1) is 9.28. The average Bonchev–Trinajstić information content (AvgIpc) is 2.43. The average molecular weight is 274 g/mol. The monoisotopic (exact) mass is 274 g/mol. The second kappa shape index (κ2) is 7.04. The number of hydrogen-bond donors (Lipinski definition) is 2. The molecule has 0 aliphatic heterocycles. The van der Waals surface area contributed by atoms with E-state index < -0.39 is 0 Å². The van der Waals surface area contributed by atoms with Gasteiger partial charge in [-0.1, -0.05) is 19.1 Å². The fourth-order valence-corrected chi connectivity index (χ4v) is 2.50. The fraction of sp³-hybridized carbons (Fsp3) is 0.267. The van der Waals surface area contributed by atoms with Gasteiger partial charge in [0.05, 0.1) is 5.69 Å². The number of pyridine rings is 1. The SMILES string of the molecule is CCCNc1cccc(CSc2cccc(O)c2)n1. The van der Waals surface area contributed by atoms with E-state index in [4.69, 9.17) is 0 Å². The van der Waals surface area contributed by atoms with Crippen LogP contribution in [0.5, 0.6) is 5.75 Å². The van der Waals surface area contributed by atoms with E-state index in [2.05, 4.69) is 17.2 Å². The maximum atomic E-state index is 9.41. The van der Waals surface area contributed by atoms with Crippen molar-refractivity contribution in [1.82, 2.24) is 4.98 Å². The molecule has 19 heavy (non-hydrogen) atoms. The zero-order chi connectivity index (χ0) is 13.5. The van der Waals surface area contributed by atoms with E-state index in [1.807, 2.05) is 30.3 Å². The summed E-state index contributed by atoms with van der Waals surface area (Å²) in [5.74, 6) is 2.03. The second-order valence-corrected chi connectivity index (χ2v) is 5.28. The Bertz CT molecular complexity index is 531. The highest BCUT2D eigenvalue weighted by molar-refractivity contribution is 7.98. The molecule has 2 N–H and O–H groups in total. The molecule has 3 nitrogen and oxygen atoms in total. The van der Waals surface area contributed by atoms with Crippen molar-refractivity contribution in [2.24, 2.45) is 0 Å². The minimum atomic E-state index is 0.302. The van der Waals surface area contributed by atoms with Crippen molar-refractivity contribution >= 4 is 17.6 Å². The number of rotatable bonds is 6. The molecule has 0 fully saturated rings. The Kier molecular flexibility index (Phi) is 5.10. The number of anilines is 1. The van der Waals surface area contributed by atoms with Gasteiger partial charge in [-0.15, -0.1) is 11.8 Å². The third-order valence-electron chi connectivity index (χ3n) is 2.57. The van der Waals surface area contributed by atoms with E-state index in [1.54, 1.807) is 23.9 Å². The Morgan fingerprint density at radius 1 is 1.21 bits per heavy atom. The molecule has 1 heterocycles. The molecule has 0 amide bonds. The standard InChI is InChI=1S/C15H18N2OS/c1-2-9-16-15-8-3-5-12(17-15)11-19-14-7-4-6-13(18)10-14/h3-8,10,18H,2,9,11H2,1H3,(H,16,17). The molecular weight excluding hydrogens is 256 g/mol. The van der Waals surface area contributed by atoms with Crippen LogP contribution in [0.25, 0.3) is 0 Å². The van der Waals surface area contributed by atoms with Crippen molar-refractivity contribution in [2.75, 3.05) is 11.9 Å². The molecule has 100 valence electrons. The third-order valence-corrected chi connectivity index (χ3v) is 3.59. The molecule has 2 aromatic rings. The summed E-state index contributed by atoms with van der Waals surface area (Å²) in [6.07, 6.45) is 1.09. The van der Waals surface area contributed by atoms with Crippen molar-refractivity contribution in [3.05, 3.63) is 48.2 Å². The third kappa shape index (κ3) is 4.48. The number of benzene rings is 1. The van der Waals surface area contributed by atoms with Crippen LogP contribution in [0.2, 0.25) is 0 Å². The van der Waals surface area contributed by atoms with Gasteiger partial charge >= 0.3 is 0 Å². The summed E-state index contributed by atoms with van der Waals surface area (Å²) in [4.78, 5) is 5.60. The van der Waals surface area contributed by atoms with Gasteiger partial charge in [-0.05, 0) is 36.8 Å². The van der Waals surface area contributed by atoms with Crippen LogP contribution >= 0.6 is 11.8 Å². The number of nitrogens with one attached hydrogen (secondary N) is 1. The Hall–Kier alpha value is -1.68. The molecule has 1 aromatic heterocycles. The molecule has 0 aliphatic rings. The van der Waals surface area contributed by atoms with E-state index in [0.717, 1.165) is 35.1 Å². The number of nitrogens with zero attached hydrogens (tertiary/aromatic N) is 1. The Morgan fingerprint density at radius 3 is 2.84 bits per heavy atom. The summed E-state index contributed by atoms with van der Waals surface area (Å²) < 4.78 is 0. The minimum absolute atomic E-state index is 0.302. The van der Waals surface area contributed by atoms with Crippen LogP contribution in [-0.2, 0) is 5.75 Å². The molecule has 0 aliphatic carbocycles. The van der Waals surface area contributed by atoms with Gasteiger partial charge in [-0.2, -0.15) is 0 Å². The lowest BCUT2D eigenvalue weighted by atomic mass is 10.3. The first kappa shape index (κ1) is 13.7. The molecule has 1 aromatic carbocycles. The van der Waals surface area contributed by atoms with Gasteiger partial charge in [0.2, 0.25) is 0 Å². The number of hydrogen-bond acceptors (Lipinski definition) is 4. The smallest absolute Gasteiger partial charge is 0.126 e. The quantitative estimate of drug-likeness (QED) is 0.784. The lowest BCUT2D eigenvalue weighted by Gasteiger charge is -2.06. The highest BCUT2D eigenvalue weighted by atomic mass is 32.2. The highest BCUT2D eigenvalue weighted by Crippen LogP contribution is 2.25. The molecule has 0 atom stereocenters. The maximum absolute atomic E-state index is 9.41. The summed E-state index contributed by atoms with van der Waals surface area (Å²) in [6, 6.07) is 13.3. The topological polar surface area (TPSA) is 45.1 Å². The van der Waals surface area contributed by atoms with Crippen molar-refractivity contribution < 1.29 is 5.11 Å². The fourth-order valence-electron chi connectivity index (χ4n) is 1.64. The van der Waals surface area contributed by atoms with Crippen molar-refractivity contribution in [2.45, 2.75) is 24.0 Å². The molecule has 0 radical (unpaired) electrons. The number of aromatic nitrogens is 1. The number of thioether (sulfide) groups is 1. The Morgan fingerprint density at radius 2 is 2.05 bits per heavy atom. The minimum Gasteiger partial charge on any atom is -0.508 e. The van der Waals surface area contributed by atoms with Crippen LogP contribution in [0.15, 0.2) is 47.4 Å². The summed E-state index contributed by atoms with van der Waals surface area (Å²) in [5.41, 5.74) is 1.04. The van der Waals surface area contributed by atoms with E-state index in [-0.39, 0.29) is 0 Å². The molecular formula is C15H18N2OS. The van der Waals surface area contributed by atoms with Crippen LogP contribution < -0.4 is 5.32 Å². The van der Waals surface area contributed by atoms with E-state index in [9.17, 15) is 5.11 Å². The first-order valence-electron chi connectivity index (χ1n) is 6.39. The van der Waals surface area contributed by atoms with Gasteiger partial charge in [0.25, 0.3) is 0 Å². The molecule has 0 saturated heterocycles. The van der Waals surface area contributed by atoms with Crippen LogP contribution in [0.4, 0.5) is 5.82 Å². The summed E-state index contributed by atoms with van der Waals surface area (Å²) in [7, 11) is 0. The predicted octanol–water partition coefficient (Wildman–Crippen LogP) is 3.90. The number of phenols is 1.